The van der Waals surface area contributed by atoms with Gasteiger partial charge in [0.15, 0.2) is 0 Å². The standard InChI is InChI=1S/C15H28N4/c1-12-10-13(18(5)17-12)11-14(16-4)15(2,3)19-8-6-7-9-19/h10,14,16H,6-9,11H2,1-5H3. The second-order valence-electron chi connectivity index (χ2n) is 6.29. The topological polar surface area (TPSA) is 33.1 Å². The van der Waals surface area contributed by atoms with Gasteiger partial charge in [-0.05, 0) is 59.8 Å². The Bertz CT molecular complexity index is 416. The average Bonchev–Trinajstić information content (AvgIpc) is 2.96. The summed E-state index contributed by atoms with van der Waals surface area (Å²) < 4.78 is 2.01. The van der Waals surface area contributed by atoms with Crippen LogP contribution in [0.1, 0.15) is 38.1 Å². The van der Waals surface area contributed by atoms with E-state index in [1.807, 2.05) is 11.7 Å². The quantitative estimate of drug-likeness (QED) is 0.879. The third-order valence-electron chi connectivity index (χ3n) is 4.63. The summed E-state index contributed by atoms with van der Waals surface area (Å²) in [5, 5.41) is 7.97. The van der Waals surface area contributed by atoms with Crippen molar-refractivity contribution in [3.8, 4) is 0 Å². The van der Waals surface area contributed by atoms with Crippen LogP contribution in [0, 0.1) is 6.92 Å². The molecule has 1 N–H and O–H groups in total. The molecule has 0 spiro atoms. The van der Waals surface area contributed by atoms with Crippen LogP contribution in [0.25, 0.3) is 0 Å². The highest BCUT2D eigenvalue weighted by molar-refractivity contribution is 5.12. The fourth-order valence-electron chi connectivity index (χ4n) is 3.28. The summed E-state index contributed by atoms with van der Waals surface area (Å²) >= 11 is 0. The smallest absolute Gasteiger partial charge is 0.0596 e. The van der Waals surface area contributed by atoms with Gasteiger partial charge in [-0.3, -0.25) is 9.58 Å². The van der Waals surface area contributed by atoms with Crippen molar-refractivity contribution in [2.45, 2.75) is 51.6 Å². The zero-order valence-corrected chi connectivity index (χ0v) is 13.0. The maximum absolute atomic E-state index is 4.45. The first kappa shape index (κ1) is 14.5. The van der Waals surface area contributed by atoms with Crippen molar-refractivity contribution in [1.29, 1.82) is 0 Å². The van der Waals surface area contributed by atoms with E-state index >= 15 is 0 Å². The number of likely N-dealkylation sites (tertiary alicyclic amines) is 1. The molecule has 1 saturated heterocycles. The Labute approximate surface area is 117 Å². The minimum atomic E-state index is 0.184. The summed E-state index contributed by atoms with van der Waals surface area (Å²) in [6, 6.07) is 2.64. The molecule has 0 saturated carbocycles. The second-order valence-corrected chi connectivity index (χ2v) is 6.29. The lowest BCUT2D eigenvalue weighted by Crippen LogP contribution is -2.57. The molecule has 0 radical (unpaired) electrons. The lowest BCUT2D eigenvalue weighted by atomic mass is 9.89. The summed E-state index contributed by atoms with van der Waals surface area (Å²) in [6.07, 6.45) is 3.70. The monoisotopic (exact) mass is 264 g/mol. The summed E-state index contributed by atoms with van der Waals surface area (Å²) in [7, 11) is 4.11. The molecular weight excluding hydrogens is 236 g/mol. The molecule has 4 heteroatoms. The fraction of sp³-hybridized carbons (Fsp3) is 0.800. The second kappa shape index (κ2) is 5.63. The van der Waals surface area contributed by atoms with Crippen LogP contribution in [0.5, 0.6) is 0 Å². The van der Waals surface area contributed by atoms with E-state index in [0.29, 0.717) is 6.04 Å². The van der Waals surface area contributed by atoms with Crippen LogP contribution < -0.4 is 5.32 Å². The molecule has 0 aliphatic carbocycles. The van der Waals surface area contributed by atoms with Crippen LogP contribution in [0.15, 0.2) is 6.07 Å². The van der Waals surface area contributed by atoms with E-state index in [1.165, 1.54) is 31.6 Å². The lowest BCUT2D eigenvalue weighted by Gasteiger charge is -2.42. The molecule has 1 aliphatic rings. The fourth-order valence-corrected chi connectivity index (χ4v) is 3.28. The Morgan fingerprint density at radius 3 is 2.47 bits per heavy atom. The molecule has 4 nitrogen and oxygen atoms in total. The van der Waals surface area contributed by atoms with Gasteiger partial charge in [0.1, 0.15) is 0 Å². The van der Waals surface area contributed by atoms with Crippen LogP contribution in [0.4, 0.5) is 0 Å². The van der Waals surface area contributed by atoms with Gasteiger partial charge in [0.2, 0.25) is 0 Å². The van der Waals surface area contributed by atoms with Gasteiger partial charge in [-0.1, -0.05) is 0 Å². The Balaban J connectivity index is 2.12. The highest BCUT2D eigenvalue weighted by Gasteiger charge is 2.36. The van der Waals surface area contributed by atoms with Crippen molar-refractivity contribution in [1.82, 2.24) is 20.0 Å². The molecule has 1 fully saturated rings. The van der Waals surface area contributed by atoms with Gasteiger partial charge in [-0.15, -0.1) is 0 Å². The van der Waals surface area contributed by atoms with Gasteiger partial charge in [0.25, 0.3) is 0 Å². The molecule has 1 aromatic heterocycles. The van der Waals surface area contributed by atoms with E-state index in [-0.39, 0.29) is 5.54 Å². The number of nitrogens with zero attached hydrogens (tertiary/aromatic N) is 3. The first-order valence-corrected chi connectivity index (χ1v) is 7.37. The predicted molar refractivity (Wildman–Crippen MR) is 79.4 cm³/mol. The van der Waals surface area contributed by atoms with Gasteiger partial charge < -0.3 is 5.32 Å². The zero-order valence-electron chi connectivity index (χ0n) is 13.0. The molecule has 108 valence electrons. The molecule has 1 atom stereocenters. The molecule has 0 amide bonds. The Morgan fingerprint density at radius 2 is 2.00 bits per heavy atom. The molecule has 0 aromatic carbocycles. The van der Waals surface area contributed by atoms with Gasteiger partial charge in [0, 0.05) is 30.7 Å². The van der Waals surface area contributed by atoms with Crippen LogP contribution in [-0.2, 0) is 13.5 Å². The van der Waals surface area contributed by atoms with Gasteiger partial charge in [0.05, 0.1) is 5.69 Å². The molecule has 1 unspecified atom stereocenters. The number of aryl methyl sites for hydroxylation is 2. The highest BCUT2D eigenvalue weighted by atomic mass is 15.3. The Morgan fingerprint density at radius 1 is 1.37 bits per heavy atom. The first-order chi connectivity index (χ1) is 8.95. The molecule has 1 aliphatic heterocycles. The first-order valence-electron chi connectivity index (χ1n) is 7.37. The van der Waals surface area contributed by atoms with Crippen LogP contribution in [-0.4, -0.2) is 46.4 Å². The van der Waals surface area contributed by atoms with E-state index in [1.54, 1.807) is 0 Å². The summed E-state index contributed by atoms with van der Waals surface area (Å²) in [4.78, 5) is 2.62. The van der Waals surface area contributed by atoms with Crippen LogP contribution in [0.2, 0.25) is 0 Å². The van der Waals surface area contributed by atoms with Crippen LogP contribution >= 0.6 is 0 Å². The van der Waals surface area contributed by atoms with Crippen molar-refractivity contribution in [2.24, 2.45) is 7.05 Å². The summed E-state index contributed by atoms with van der Waals surface area (Å²) in [5.41, 5.74) is 2.60. The normalized spacial score (nSPS) is 19.0. The van der Waals surface area contributed by atoms with Gasteiger partial charge in [-0.25, -0.2) is 0 Å². The number of likely N-dealkylation sites (N-methyl/N-ethyl adjacent to an activating group) is 1. The number of hydrogen-bond acceptors (Lipinski definition) is 3. The number of hydrogen-bond donors (Lipinski definition) is 1. The van der Waals surface area contributed by atoms with E-state index < -0.39 is 0 Å². The number of rotatable bonds is 5. The van der Waals surface area contributed by atoms with Gasteiger partial charge in [-0.2, -0.15) is 5.10 Å². The van der Waals surface area contributed by atoms with Crippen LogP contribution in [0.3, 0.4) is 0 Å². The highest BCUT2D eigenvalue weighted by Crippen LogP contribution is 2.26. The maximum Gasteiger partial charge on any atom is 0.0596 e. The zero-order chi connectivity index (χ0) is 14.0. The Kier molecular flexibility index (Phi) is 4.31. The van der Waals surface area contributed by atoms with Crippen molar-refractivity contribution >= 4 is 0 Å². The van der Waals surface area contributed by atoms with Crippen molar-refractivity contribution in [3.05, 3.63) is 17.5 Å². The van der Waals surface area contributed by atoms with Crippen molar-refractivity contribution < 1.29 is 0 Å². The third kappa shape index (κ3) is 3.00. The molecule has 2 heterocycles. The molecule has 2 rings (SSSR count). The van der Waals surface area contributed by atoms with E-state index in [9.17, 15) is 0 Å². The minimum Gasteiger partial charge on any atom is -0.315 e. The largest absolute Gasteiger partial charge is 0.315 e. The van der Waals surface area contributed by atoms with Crippen molar-refractivity contribution in [2.75, 3.05) is 20.1 Å². The molecule has 19 heavy (non-hydrogen) atoms. The molecule has 0 bridgehead atoms. The minimum absolute atomic E-state index is 0.184. The third-order valence-corrected chi connectivity index (χ3v) is 4.63. The Hall–Kier alpha value is -0.870. The van der Waals surface area contributed by atoms with E-state index in [4.69, 9.17) is 0 Å². The van der Waals surface area contributed by atoms with Gasteiger partial charge >= 0.3 is 0 Å². The van der Waals surface area contributed by atoms with E-state index in [2.05, 4.69) is 49.2 Å². The van der Waals surface area contributed by atoms with Crippen molar-refractivity contribution in [3.63, 3.8) is 0 Å². The average molecular weight is 264 g/mol. The molecular formula is C15H28N4. The SMILES string of the molecule is CNC(Cc1cc(C)nn1C)C(C)(C)N1CCCC1. The number of nitrogens with one attached hydrogen (secondary N) is 1. The maximum atomic E-state index is 4.45. The van der Waals surface area contributed by atoms with E-state index in [0.717, 1.165) is 12.1 Å². The lowest BCUT2D eigenvalue weighted by molar-refractivity contribution is 0.109. The summed E-state index contributed by atoms with van der Waals surface area (Å²) in [6.45, 7) is 9.25. The predicted octanol–water partition coefficient (Wildman–Crippen LogP) is 1.73. The number of aromatic nitrogens is 2. The molecule has 1 aromatic rings. The summed E-state index contributed by atoms with van der Waals surface area (Å²) in [5.74, 6) is 0.